The second-order valence-electron chi connectivity index (χ2n) is 5.14. The first kappa shape index (κ1) is 15.2. The first-order valence-corrected chi connectivity index (χ1v) is 8.16. The summed E-state index contributed by atoms with van der Waals surface area (Å²) in [4.78, 5) is 0. The molecule has 17 heavy (non-hydrogen) atoms. The molecule has 0 aromatic rings. The van der Waals surface area contributed by atoms with Gasteiger partial charge in [-0.3, -0.25) is 9.05 Å². The highest BCUT2D eigenvalue weighted by Gasteiger charge is 2.35. The lowest BCUT2D eigenvalue weighted by molar-refractivity contribution is 0.106. The van der Waals surface area contributed by atoms with E-state index in [1.165, 1.54) is 12.8 Å². The molecule has 0 unspecified atom stereocenters. The van der Waals surface area contributed by atoms with Crippen molar-refractivity contribution < 1.29 is 13.6 Å². The zero-order valence-electron chi connectivity index (χ0n) is 11.5. The Labute approximate surface area is 105 Å². The van der Waals surface area contributed by atoms with Crippen LogP contribution in [0.15, 0.2) is 0 Å². The van der Waals surface area contributed by atoms with Gasteiger partial charge in [0.15, 0.2) is 0 Å². The fraction of sp³-hybridized carbons (Fsp3) is 1.00. The molecule has 1 saturated heterocycles. The minimum atomic E-state index is -3.10. The van der Waals surface area contributed by atoms with E-state index in [4.69, 9.17) is 9.05 Å². The van der Waals surface area contributed by atoms with Crippen molar-refractivity contribution in [3.8, 4) is 0 Å². The normalized spacial score (nSPS) is 19.9. The van der Waals surface area contributed by atoms with Crippen LogP contribution in [0, 0.1) is 0 Å². The van der Waals surface area contributed by atoms with E-state index in [1.807, 2.05) is 32.4 Å². The fourth-order valence-electron chi connectivity index (χ4n) is 1.99. The Hall–Kier alpha value is 0.110. The van der Waals surface area contributed by atoms with Crippen LogP contribution in [0.3, 0.4) is 0 Å². The van der Waals surface area contributed by atoms with Crippen LogP contribution < -0.4 is 0 Å². The predicted octanol–water partition coefficient (Wildman–Crippen LogP) is 3.82. The molecule has 1 aliphatic heterocycles. The first-order chi connectivity index (χ1) is 7.94. The number of hydrogen-bond donors (Lipinski definition) is 0. The van der Waals surface area contributed by atoms with Crippen molar-refractivity contribution in [2.75, 3.05) is 13.1 Å². The van der Waals surface area contributed by atoms with Gasteiger partial charge >= 0.3 is 7.75 Å². The Morgan fingerprint density at radius 2 is 1.29 bits per heavy atom. The molecular formula is C12H26NO3P. The highest BCUT2D eigenvalue weighted by Crippen LogP contribution is 2.54. The summed E-state index contributed by atoms with van der Waals surface area (Å²) in [6, 6.07) is 0. The highest BCUT2D eigenvalue weighted by atomic mass is 31.2. The third-order valence-electron chi connectivity index (χ3n) is 2.62. The van der Waals surface area contributed by atoms with Gasteiger partial charge < -0.3 is 0 Å². The molecule has 0 N–H and O–H groups in total. The van der Waals surface area contributed by atoms with Crippen molar-refractivity contribution in [3.63, 3.8) is 0 Å². The summed E-state index contributed by atoms with van der Waals surface area (Å²) in [6.45, 7) is 9.22. The molecule has 0 aliphatic carbocycles. The zero-order valence-corrected chi connectivity index (χ0v) is 12.4. The van der Waals surface area contributed by atoms with E-state index in [1.54, 1.807) is 0 Å². The molecule has 5 heteroatoms. The summed E-state index contributed by atoms with van der Waals surface area (Å²) in [5.41, 5.74) is 0. The Morgan fingerprint density at radius 3 is 1.65 bits per heavy atom. The summed E-state index contributed by atoms with van der Waals surface area (Å²) in [5.74, 6) is 0. The van der Waals surface area contributed by atoms with E-state index in [9.17, 15) is 4.57 Å². The van der Waals surface area contributed by atoms with E-state index in [2.05, 4.69) is 0 Å². The number of hydrogen-bond acceptors (Lipinski definition) is 3. The van der Waals surface area contributed by atoms with Crippen molar-refractivity contribution in [1.29, 1.82) is 0 Å². The molecule has 0 spiro atoms. The molecule has 0 atom stereocenters. The standard InChI is InChI=1S/C12H26NO3P/c1-11(2)15-17(14,16-12(3)4)13-9-7-5-6-8-10-13/h11-12H,5-10H2,1-4H3. The van der Waals surface area contributed by atoms with Gasteiger partial charge in [-0.25, -0.2) is 9.24 Å². The maximum Gasteiger partial charge on any atom is 0.408 e. The van der Waals surface area contributed by atoms with Crippen LogP contribution in [-0.2, 0) is 13.6 Å². The van der Waals surface area contributed by atoms with E-state index in [-0.39, 0.29) is 12.2 Å². The minimum absolute atomic E-state index is 0.0807. The topological polar surface area (TPSA) is 38.8 Å². The summed E-state index contributed by atoms with van der Waals surface area (Å²) in [5, 5.41) is 0. The van der Waals surface area contributed by atoms with Crippen LogP contribution in [0.5, 0.6) is 0 Å². The quantitative estimate of drug-likeness (QED) is 0.707. The molecule has 0 aromatic carbocycles. The van der Waals surface area contributed by atoms with Crippen LogP contribution in [0.4, 0.5) is 0 Å². The van der Waals surface area contributed by atoms with Crippen LogP contribution in [-0.4, -0.2) is 30.0 Å². The zero-order chi connectivity index (χ0) is 12.9. The number of nitrogens with zero attached hydrogens (tertiary/aromatic N) is 1. The van der Waals surface area contributed by atoms with Gasteiger partial charge in [-0.05, 0) is 40.5 Å². The molecule has 0 saturated carbocycles. The average Bonchev–Trinajstić information content (AvgIpc) is 2.42. The highest BCUT2D eigenvalue weighted by molar-refractivity contribution is 7.51. The molecule has 0 radical (unpaired) electrons. The largest absolute Gasteiger partial charge is 0.408 e. The van der Waals surface area contributed by atoms with Gasteiger partial charge in [-0.2, -0.15) is 0 Å². The van der Waals surface area contributed by atoms with E-state index in [0.29, 0.717) is 0 Å². The second-order valence-corrected chi connectivity index (χ2v) is 7.07. The first-order valence-electron chi connectivity index (χ1n) is 6.66. The van der Waals surface area contributed by atoms with Crippen LogP contribution in [0.25, 0.3) is 0 Å². The van der Waals surface area contributed by atoms with Gasteiger partial charge in [-0.1, -0.05) is 12.8 Å². The Morgan fingerprint density at radius 1 is 0.882 bits per heavy atom. The van der Waals surface area contributed by atoms with Crippen molar-refractivity contribution >= 4 is 7.75 Å². The van der Waals surface area contributed by atoms with E-state index < -0.39 is 7.75 Å². The fourth-order valence-corrected chi connectivity index (χ4v) is 4.14. The third-order valence-corrected chi connectivity index (χ3v) is 5.09. The van der Waals surface area contributed by atoms with Crippen LogP contribution in [0.2, 0.25) is 0 Å². The van der Waals surface area contributed by atoms with Gasteiger partial charge in [0.2, 0.25) is 0 Å². The molecule has 1 heterocycles. The van der Waals surface area contributed by atoms with Crippen molar-refractivity contribution in [2.24, 2.45) is 0 Å². The third kappa shape index (κ3) is 5.09. The Bertz CT molecular complexity index is 246. The Kier molecular flexibility index (Phi) is 6.14. The molecule has 0 aromatic heterocycles. The molecule has 1 rings (SSSR count). The van der Waals surface area contributed by atoms with Crippen molar-refractivity contribution in [2.45, 2.75) is 65.6 Å². The van der Waals surface area contributed by atoms with E-state index >= 15 is 0 Å². The van der Waals surface area contributed by atoms with Crippen LogP contribution >= 0.6 is 7.75 Å². The maximum atomic E-state index is 12.8. The summed E-state index contributed by atoms with van der Waals surface area (Å²) in [7, 11) is -3.10. The predicted molar refractivity (Wildman–Crippen MR) is 70.1 cm³/mol. The van der Waals surface area contributed by atoms with Crippen LogP contribution in [0.1, 0.15) is 53.4 Å². The Balaban J connectivity index is 2.75. The maximum absolute atomic E-state index is 12.8. The monoisotopic (exact) mass is 263 g/mol. The molecule has 4 nitrogen and oxygen atoms in total. The van der Waals surface area contributed by atoms with E-state index in [0.717, 1.165) is 25.9 Å². The smallest absolute Gasteiger partial charge is 0.294 e. The van der Waals surface area contributed by atoms with Gasteiger partial charge in [0.25, 0.3) is 0 Å². The van der Waals surface area contributed by atoms with Crippen molar-refractivity contribution in [3.05, 3.63) is 0 Å². The van der Waals surface area contributed by atoms with Gasteiger partial charge in [0.05, 0.1) is 12.2 Å². The van der Waals surface area contributed by atoms with Gasteiger partial charge in [0.1, 0.15) is 0 Å². The molecule has 0 bridgehead atoms. The summed E-state index contributed by atoms with van der Waals surface area (Å²) < 4.78 is 25.9. The lowest BCUT2D eigenvalue weighted by Gasteiger charge is -2.31. The molecule has 1 aliphatic rings. The molecule has 1 fully saturated rings. The lowest BCUT2D eigenvalue weighted by Crippen LogP contribution is -2.26. The van der Waals surface area contributed by atoms with Gasteiger partial charge in [-0.15, -0.1) is 0 Å². The molecule has 0 amide bonds. The lowest BCUT2D eigenvalue weighted by atomic mass is 10.2. The SMILES string of the molecule is CC(C)OP(=O)(OC(C)C)N1CCCCCC1. The molecule has 102 valence electrons. The summed E-state index contributed by atoms with van der Waals surface area (Å²) >= 11 is 0. The average molecular weight is 263 g/mol. The van der Waals surface area contributed by atoms with Crippen molar-refractivity contribution in [1.82, 2.24) is 4.67 Å². The summed E-state index contributed by atoms with van der Waals surface area (Å²) in [6.07, 6.45) is 4.41. The molecular weight excluding hydrogens is 237 g/mol. The second kappa shape index (κ2) is 6.89. The number of rotatable bonds is 5. The van der Waals surface area contributed by atoms with Gasteiger partial charge in [0, 0.05) is 13.1 Å². The minimum Gasteiger partial charge on any atom is -0.294 e.